The van der Waals surface area contributed by atoms with Crippen LogP contribution < -0.4 is 5.73 Å². The highest BCUT2D eigenvalue weighted by atomic mass is 127. The lowest BCUT2D eigenvalue weighted by Crippen LogP contribution is -2.45. The number of nitrogens with two attached hydrogens (primary N) is 1. The highest BCUT2D eigenvalue weighted by molar-refractivity contribution is 14.1. The molecule has 1 saturated heterocycles. The van der Waals surface area contributed by atoms with E-state index in [4.69, 9.17) is 5.73 Å². The molecule has 1 aliphatic heterocycles. The van der Waals surface area contributed by atoms with E-state index in [1.54, 1.807) is 0 Å². The standard InChI is InChI=1S/C15H21IN2O/c1-10-13(6-3-7-14(10)16)15(19)18-8-4-5-12(9-18)11(2)17/h3,6-7,11-12H,4-5,8-9,17H2,1-2H3. The minimum absolute atomic E-state index is 0.154. The minimum Gasteiger partial charge on any atom is -0.338 e. The van der Waals surface area contributed by atoms with Crippen LogP contribution in [0, 0.1) is 16.4 Å². The van der Waals surface area contributed by atoms with Crippen molar-refractivity contribution in [3.8, 4) is 0 Å². The molecule has 0 bridgehead atoms. The van der Waals surface area contributed by atoms with Gasteiger partial charge in [-0.2, -0.15) is 0 Å². The van der Waals surface area contributed by atoms with Gasteiger partial charge in [-0.3, -0.25) is 4.79 Å². The SMILES string of the molecule is Cc1c(I)cccc1C(=O)N1CCCC(C(C)N)C1. The van der Waals surface area contributed by atoms with Crippen molar-refractivity contribution in [2.75, 3.05) is 13.1 Å². The summed E-state index contributed by atoms with van der Waals surface area (Å²) in [5, 5.41) is 0. The normalized spacial score (nSPS) is 21.3. The largest absolute Gasteiger partial charge is 0.338 e. The van der Waals surface area contributed by atoms with Crippen LogP contribution in [0.15, 0.2) is 18.2 Å². The van der Waals surface area contributed by atoms with Gasteiger partial charge in [0.25, 0.3) is 5.91 Å². The van der Waals surface area contributed by atoms with Crippen LogP contribution in [0.1, 0.15) is 35.7 Å². The molecule has 2 rings (SSSR count). The van der Waals surface area contributed by atoms with Gasteiger partial charge in [-0.15, -0.1) is 0 Å². The summed E-state index contributed by atoms with van der Waals surface area (Å²) < 4.78 is 1.14. The molecule has 0 aliphatic carbocycles. The molecule has 104 valence electrons. The first-order valence-corrected chi connectivity index (χ1v) is 7.88. The topological polar surface area (TPSA) is 46.3 Å². The zero-order chi connectivity index (χ0) is 14.0. The minimum atomic E-state index is 0.154. The second kappa shape index (κ2) is 6.22. The van der Waals surface area contributed by atoms with E-state index < -0.39 is 0 Å². The van der Waals surface area contributed by atoms with Crippen LogP contribution in [0.25, 0.3) is 0 Å². The first-order valence-electron chi connectivity index (χ1n) is 6.80. The molecule has 3 nitrogen and oxygen atoms in total. The number of halogens is 1. The molecule has 19 heavy (non-hydrogen) atoms. The van der Waals surface area contributed by atoms with E-state index in [1.165, 1.54) is 0 Å². The molecule has 2 unspecified atom stereocenters. The molecule has 1 amide bonds. The Kier molecular flexibility index (Phi) is 4.84. The van der Waals surface area contributed by atoms with Crippen molar-refractivity contribution in [3.63, 3.8) is 0 Å². The van der Waals surface area contributed by atoms with Crippen molar-refractivity contribution in [2.24, 2.45) is 11.7 Å². The molecule has 1 aliphatic rings. The molecule has 0 radical (unpaired) electrons. The lowest BCUT2D eigenvalue weighted by Gasteiger charge is -2.35. The maximum absolute atomic E-state index is 12.6. The van der Waals surface area contributed by atoms with Gasteiger partial charge >= 0.3 is 0 Å². The third-order valence-electron chi connectivity index (χ3n) is 3.99. The number of amides is 1. The Hall–Kier alpha value is -0.620. The van der Waals surface area contributed by atoms with Gasteiger partial charge in [-0.05, 0) is 72.9 Å². The van der Waals surface area contributed by atoms with Crippen LogP contribution in [0.5, 0.6) is 0 Å². The quantitative estimate of drug-likeness (QED) is 0.812. The van der Waals surface area contributed by atoms with Crippen LogP contribution in [-0.4, -0.2) is 29.9 Å². The Balaban J connectivity index is 2.17. The summed E-state index contributed by atoms with van der Waals surface area (Å²) in [5.41, 5.74) is 7.89. The zero-order valence-corrected chi connectivity index (χ0v) is 13.7. The Morgan fingerprint density at radius 1 is 1.53 bits per heavy atom. The lowest BCUT2D eigenvalue weighted by atomic mass is 9.91. The average Bonchev–Trinajstić information content (AvgIpc) is 2.41. The molecule has 1 fully saturated rings. The van der Waals surface area contributed by atoms with E-state index in [1.807, 2.05) is 36.9 Å². The van der Waals surface area contributed by atoms with Crippen molar-refractivity contribution in [2.45, 2.75) is 32.7 Å². The molecular formula is C15H21IN2O. The summed E-state index contributed by atoms with van der Waals surface area (Å²) in [7, 11) is 0. The summed E-state index contributed by atoms with van der Waals surface area (Å²) >= 11 is 2.28. The third-order valence-corrected chi connectivity index (χ3v) is 5.16. The number of carbonyl (C=O) groups excluding carboxylic acids is 1. The van der Waals surface area contributed by atoms with Gasteiger partial charge in [0.2, 0.25) is 0 Å². The molecule has 1 aromatic rings. The maximum Gasteiger partial charge on any atom is 0.254 e. The van der Waals surface area contributed by atoms with E-state index in [-0.39, 0.29) is 11.9 Å². The Morgan fingerprint density at radius 2 is 2.26 bits per heavy atom. The van der Waals surface area contributed by atoms with Crippen LogP contribution in [0.2, 0.25) is 0 Å². The maximum atomic E-state index is 12.6. The zero-order valence-electron chi connectivity index (χ0n) is 11.5. The second-order valence-corrected chi connectivity index (χ2v) is 6.59. The van der Waals surface area contributed by atoms with Crippen molar-refractivity contribution < 1.29 is 4.79 Å². The predicted octanol–water partition coefficient (Wildman–Crippen LogP) is 2.80. The molecule has 0 aromatic heterocycles. The van der Waals surface area contributed by atoms with Crippen LogP contribution in [-0.2, 0) is 0 Å². The third kappa shape index (κ3) is 3.28. The molecule has 2 N–H and O–H groups in total. The monoisotopic (exact) mass is 372 g/mol. The molecule has 1 aromatic carbocycles. The predicted molar refractivity (Wildman–Crippen MR) is 86.2 cm³/mol. The second-order valence-electron chi connectivity index (χ2n) is 5.42. The summed E-state index contributed by atoms with van der Waals surface area (Å²) in [4.78, 5) is 14.6. The lowest BCUT2D eigenvalue weighted by molar-refractivity contribution is 0.0660. The Morgan fingerprint density at radius 3 is 2.95 bits per heavy atom. The molecule has 2 atom stereocenters. The first kappa shape index (κ1) is 14.8. The van der Waals surface area contributed by atoms with Gasteiger partial charge < -0.3 is 10.6 Å². The fourth-order valence-electron chi connectivity index (χ4n) is 2.63. The Labute approximate surface area is 128 Å². The van der Waals surface area contributed by atoms with Crippen molar-refractivity contribution in [1.29, 1.82) is 0 Å². The summed E-state index contributed by atoms with van der Waals surface area (Å²) in [6.45, 7) is 5.70. The van der Waals surface area contributed by atoms with Crippen molar-refractivity contribution >= 4 is 28.5 Å². The van der Waals surface area contributed by atoms with Crippen LogP contribution in [0.4, 0.5) is 0 Å². The summed E-state index contributed by atoms with van der Waals surface area (Å²) in [6.07, 6.45) is 2.19. The Bertz CT molecular complexity index is 473. The molecule has 0 spiro atoms. The number of hydrogen-bond donors (Lipinski definition) is 1. The summed E-state index contributed by atoms with van der Waals surface area (Å²) in [5.74, 6) is 0.585. The number of benzene rings is 1. The average molecular weight is 372 g/mol. The van der Waals surface area contributed by atoms with Crippen LogP contribution >= 0.6 is 22.6 Å². The fraction of sp³-hybridized carbons (Fsp3) is 0.533. The number of nitrogens with zero attached hydrogens (tertiary/aromatic N) is 1. The molecular weight excluding hydrogens is 351 g/mol. The van der Waals surface area contributed by atoms with E-state index >= 15 is 0 Å². The number of piperidine rings is 1. The van der Waals surface area contributed by atoms with E-state index in [2.05, 4.69) is 22.6 Å². The van der Waals surface area contributed by atoms with Gasteiger partial charge in [0.05, 0.1) is 0 Å². The molecule has 4 heteroatoms. The number of carbonyl (C=O) groups is 1. The van der Waals surface area contributed by atoms with Crippen molar-refractivity contribution in [3.05, 3.63) is 32.9 Å². The van der Waals surface area contributed by atoms with Gasteiger partial charge in [0, 0.05) is 28.3 Å². The van der Waals surface area contributed by atoms with E-state index in [9.17, 15) is 4.79 Å². The smallest absolute Gasteiger partial charge is 0.254 e. The number of likely N-dealkylation sites (tertiary alicyclic amines) is 1. The van der Waals surface area contributed by atoms with E-state index in [0.717, 1.165) is 40.6 Å². The van der Waals surface area contributed by atoms with Gasteiger partial charge in [0.1, 0.15) is 0 Å². The number of hydrogen-bond acceptors (Lipinski definition) is 2. The molecule has 1 heterocycles. The van der Waals surface area contributed by atoms with Gasteiger partial charge in [-0.1, -0.05) is 6.07 Å². The van der Waals surface area contributed by atoms with Crippen LogP contribution in [0.3, 0.4) is 0 Å². The van der Waals surface area contributed by atoms with Gasteiger partial charge in [0.15, 0.2) is 0 Å². The number of rotatable bonds is 2. The highest BCUT2D eigenvalue weighted by Crippen LogP contribution is 2.23. The highest BCUT2D eigenvalue weighted by Gasteiger charge is 2.27. The van der Waals surface area contributed by atoms with Gasteiger partial charge in [-0.25, -0.2) is 0 Å². The summed E-state index contributed by atoms with van der Waals surface area (Å²) in [6, 6.07) is 6.07. The van der Waals surface area contributed by atoms with E-state index in [0.29, 0.717) is 5.92 Å². The molecule has 0 saturated carbocycles. The fourth-order valence-corrected chi connectivity index (χ4v) is 3.13. The van der Waals surface area contributed by atoms with Crippen molar-refractivity contribution in [1.82, 2.24) is 4.90 Å². The first-order chi connectivity index (χ1) is 9.00.